The quantitative estimate of drug-likeness (QED) is 0.617. The van der Waals surface area contributed by atoms with Crippen molar-refractivity contribution in [3.05, 3.63) is 59.2 Å². The molecule has 2 aromatic carbocycles. The summed E-state index contributed by atoms with van der Waals surface area (Å²) in [5.74, 6) is 0.660. The second-order valence-corrected chi connectivity index (χ2v) is 7.82. The van der Waals surface area contributed by atoms with Crippen LogP contribution in [0.25, 0.3) is 5.69 Å². The molecule has 0 saturated carbocycles. The summed E-state index contributed by atoms with van der Waals surface area (Å²) in [5, 5.41) is 15.1. The van der Waals surface area contributed by atoms with Crippen LogP contribution in [0, 0.1) is 13.8 Å². The van der Waals surface area contributed by atoms with Crippen molar-refractivity contribution < 1.29 is 9.53 Å². The molecule has 1 atom stereocenters. The Morgan fingerprint density at radius 2 is 1.93 bits per heavy atom. The number of nitrogens with one attached hydrogen (secondary N) is 1. The van der Waals surface area contributed by atoms with Gasteiger partial charge in [-0.2, -0.15) is 4.68 Å². The normalized spacial score (nSPS) is 11.9. The maximum Gasteiger partial charge on any atom is 0.233 e. The van der Waals surface area contributed by atoms with Crippen molar-refractivity contribution in [3.8, 4) is 11.4 Å². The standard InChI is InChI=1S/C20H23N5O2S/c1-13-9-14(2)11-17(10-13)25-20(22-23-24-25)28-15(3)19(26)21-12-16-7-5-6-8-18(16)27-4/h5-11,15H,12H2,1-4H3,(H,21,26)/t15-/m1/s1. The van der Waals surface area contributed by atoms with Crippen LogP contribution in [-0.2, 0) is 11.3 Å². The van der Waals surface area contributed by atoms with E-state index in [0.717, 1.165) is 28.1 Å². The van der Waals surface area contributed by atoms with Gasteiger partial charge in [-0.25, -0.2) is 0 Å². The number of tetrazole rings is 1. The maximum absolute atomic E-state index is 12.5. The first-order chi connectivity index (χ1) is 13.5. The number of aryl methyl sites for hydroxylation is 2. The summed E-state index contributed by atoms with van der Waals surface area (Å²) in [6, 6.07) is 13.7. The van der Waals surface area contributed by atoms with Crippen LogP contribution in [0.2, 0.25) is 0 Å². The number of para-hydroxylation sites is 1. The third kappa shape index (κ3) is 4.69. The molecular weight excluding hydrogens is 374 g/mol. The van der Waals surface area contributed by atoms with Crippen molar-refractivity contribution in [2.24, 2.45) is 0 Å². The molecule has 1 aromatic heterocycles. The number of benzene rings is 2. The number of carbonyl (C=O) groups is 1. The Morgan fingerprint density at radius 3 is 2.64 bits per heavy atom. The molecule has 3 rings (SSSR count). The Labute approximate surface area is 168 Å². The Balaban J connectivity index is 1.67. The number of aromatic nitrogens is 4. The predicted molar refractivity (Wildman–Crippen MR) is 109 cm³/mol. The fourth-order valence-corrected chi connectivity index (χ4v) is 3.71. The summed E-state index contributed by atoms with van der Waals surface area (Å²) in [6.07, 6.45) is 0. The van der Waals surface area contributed by atoms with Crippen molar-refractivity contribution in [3.63, 3.8) is 0 Å². The van der Waals surface area contributed by atoms with Crippen LogP contribution >= 0.6 is 11.8 Å². The number of nitrogens with zero attached hydrogens (tertiary/aromatic N) is 4. The molecule has 28 heavy (non-hydrogen) atoms. The van der Waals surface area contributed by atoms with Gasteiger partial charge in [0.05, 0.1) is 18.0 Å². The fraction of sp³-hybridized carbons (Fsp3) is 0.300. The van der Waals surface area contributed by atoms with E-state index in [9.17, 15) is 4.79 Å². The molecule has 0 spiro atoms. The van der Waals surface area contributed by atoms with Gasteiger partial charge in [-0.3, -0.25) is 4.79 Å². The third-order valence-corrected chi connectivity index (χ3v) is 5.22. The lowest BCUT2D eigenvalue weighted by Crippen LogP contribution is -2.30. The minimum absolute atomic E-state index is 0.0918. The molecular formula is C20H23N5O2S. The molecule has 1 heterocycles. The monoisotopic (exact) mass is 397 g/mol. The largest absolute Gasteiger partial charge is 0.496 e. The molecule has 8 heteroatoms. The lowest BCUT2D eigenvalue weighted by atomic mass is 10.1. The number of carbonyl (C=O) groups excluding carboxylic acids is 1. The highest BCUT2D eigenvalue weighted by atomic mass is 32.2. The number of hydrogen-bond acceptors (Lipinski definition) is 6. The molecule has 0 aliphatic heterocycles. The van der Waals surface area contributed by atoms with Gasteiger partial charge < -0.3 is 10.1 Å². The van der Waals surface area contributed by atoms with E-state index >= 15 is 0 Å². The van der Waals surface area contributed by atoms with Gasteiger partial charge in [0.2, 0.25) is 11.1 Å². The zero-order valence-electron chi connectivity index (χ0n) is 16.3. The second-order valence-electron chi connectivity index (χ2n) is 6.51. The van der Waals surface area contributed by atoms with Crippen molar-refractivity contribution in [2.75, 3.05) is 7.11 Å². The lowest BCUT2D eigenvalue weighted by molar-refractivity contribution is -0.120. The number of methoxy groups -OCH3 is 1. The molecule has 146 valence electrons. The molecule has 3 aromatic rings. The number of amides is 1. The SMILES string of the molecule is COc1ccccc1CNC(=O)[C@@H](C)Sc1nnnn1-c1cc(C)cc(C)c1. The molecule has 7 nitrogen and oxygen atoms in total. The zero-order chi connectivity index (χ0) is 20.1. The van der Waals surface area contributed by atoms with E-state index in [2.05, 4.69) is 26.9 Å². The first kappa shape index (κ1) is 19.9. The molecule has 0 aliphatic rings. The van der Waals surface area contributed by atoms with E-state index < -0.39 is 0 Å². The lowest BCUT2D eigenvalue weighted by Gasteiger charge is -2.13. The topological polar surface area (TPSA) is 81.9 Å². The maximum atomic E-state index is 12.5. The molecule has 0 aliphatic carbocycles. The second kappa shape index (κ2) is 8.88. The van der Waals surface area contributed by atoms with E-state index in [1.165, 1.54) is 11.8 Å². The molecule has 0 saturated heterocycles. The van der Waals surface area contributed by atoms with E-state index in [4.69, 9.17) is 4.74 Å². The first-order valence-electron chi connectivity index (χ1n) is 8.91. The van der Waals surface area contributed by atoms with Crippen molar-refractivity contribution in [1.29, 1.82) is 0 Å². The summed E-state index contributed by atoms with van der Waals surface area (Å²) in [4.78, 5) is 12.5. The summed E-state index contributed by atoms with van der Waals surface area (Å²) < 4.78 is 6.98. The minimum Gasteiger partial charge on any atom is -0.496 e. The van der Waals surface area contributed by atoms with Gasteiger partial charge in [0.1, 0.15) is 5.75 Å². The average Bonchev–Trinajstić information content (AvgIpc) is 3.13. The van der Waals surface area contributed by atoms with Crippen LogP contribution in [-0.4, -0.2) is 38.5 Å². The summed E-state index contributed by atoms with van der Waals surface area (Å²) in [5.41, 5.74) is 4.07. The van der Waals surface area contributed by atoms with Crippen LogP contribution in [0.1, 0.15) is 23.6 Å². The molecule has 1 N–H and O–H groups in total. The van der Waals surface area contributed by atoms with Gasteiger partial charge >= 0.3 is 0 Å². The van der Waals surface area contributed by atoms with Gasteiger partial charge in [0, 0.05) is 12.1 Å². The van der Waals surface area contributed by atoms with Gasteiger partial charge in [-0.15, -0.1) is 5.10 Å². The van der Waals surface area contributed by atoms with E-state index in [-0.39, 0.29) is 11.2 Å². The van der Waals surface area contributed by atoms with Crippen LogP contribution < -0.4 is 10.1 Å². The number of ether oxygens (including phenoxy) is 1. The highest BCUT2D eigenvalue weighted by Gasteiger charge is 2.19. The van der Waals surface area contributed by atoms with Gasteiger partial charge in [-0.1, -0.05) is 36.0 Å². The van der Waals surface area contributed by atoms with Crippen LogP contribution in [0.15, 0.2) is 47.6 Å². The molecule has 1 amide bonds. The van der Waals surface area contributed by atoms with Crippen molar-refractivity contribution in [2.45, 2.75) is 37.7 Å². The molecule has 0 unspecified atom stereocenters. The number of hydrogen-bond donors (Lipinski definition) is 1. The van der Waals surface area contributed by atoms with Gasteiger partial charge in [0.15, 0.2) is 0 Å². The smallest absolute Gasteiger partial charge is 0.233 e. The van der Waals surface area contributed by atoms with Crippen LogP contribution in [0.4, 0.5) is 0 Å². The third-order valence-electron chi connectivity index (χ3n) is 4.19. The zero-order valence-corrected chi connectivity index (χ0v) is 17.2. The van der Waals surface area contributed by atoms with Gasteiger partial charge in [-0.05, 0) is 60.5 Å². The van der Waals surface area contributed by atoms with E-state index in [0.29, 0.717) is 11.7 Å². The number of rotatable bonds is 7. The van der Waals surface area contributed by atoms with E-state index in [1.54, 1.807) is 11.8 Å². The average molecular weight is 398 g/mol. The predicted octanol–water partition coefficient (Wildman–Crippen LogP) is 3.08. The molecule has 0 radical (unpaired) electrons. The Kier molecular flexibility index (Phi) is 6.30. The van der Waals surface area contributed by atoms with Crippen molar-refractivity contribution in [1.82, 2.24) is 25.5 Å². The summed E-state index contributed by atoms with van der Waals surface area (Å²) >= 11 is 1.32. The highest BCUT2D eigenvalue weighted by molar-refractivity contribution is 8.00. The Hall–Kier alpha value is -2.87. The molecule has 0 fully saturated rings. The van der Waals surface area contributed by atoms with Crippen LogP contribution in [0.5, 0.6) is 5.75 Å². The van der Waals surface area contributed by atoms with Crippen LogP contribution in [0.3, 0.4) is 0 Å². The van der Waals surface area contributed by atoms with Gasteiger partial charge in [0.25, 0.3) is 0 Å². The Bertz CT molecular complexity index is 952. The number of thioether (sulfide) groups is 1. The summed E-state index contributed by atoms with van der Waals surface area (Å²) in [6.45, 7) is 6.29. The fourth-order valence-electron chi connectivity index (χ4n) is 2.87. The highest BCUT2D eigenvalue weighted by Crippen LogP contribution is 2.24. The van der Waals surface area contributed by atoms with Crippen molar-refractivity contribution >= 4 is 17.7 Å². The van der Waals surface area contributed by atoms with E-state index in [1.807, 2.05) is 57.2 Å². The minimum atomic E-state index is -0.356. The Morgan fingerprint density at radius 1 is 1.21 bits per heavy atom. The molecule has 0 bridgehead atoms. The first-order valence-corrected chi connectivity index (χ1v) is 9.79. The summed E-state index contributed by atoms with van der Waals surface area (Å²) in [7, 11) is 1.62.